The first-order valence-corrected chi connectivity index (χ1v) is 6.47. The zero-order valence-corrected chi connectivity index (χ0v) is 11.3. The van der Waals surface area contributed by atoms with E-state index in [9.17, 15) is 18.0 Å². The van der Waals surface area contributed by atoms with Gasteiger partial charge < -0.3 is 4.74 Å². The van der Waals surface area contributed by atoms with Gasteiger partial charge in [-0.25, -0.2) is 13.2 Å². The van der Waals surface area contributed by atoms with Crippen molar-refractivity contribution in [3.05, 3.63) is 63.9 Å². The normalized spacial score (nSPS) is 17.3. The maximum absolute atomic E-state index is 13.3. The summed E-state index contributed by atoms with van der Waals surface area (Å²) in [6.45, 7) is 0. The van der Waals surface area contributed by atoms with Gasteiger partial charge in [-0.1, -0.05) is 11.6 Å². The van der Waals surface area contributed by atoms with E-state index < -0.39 is 23.6 Å². The Morgan fingerprint density at radius 2 is 1.76 bits per heavy atom. The highest BCUT2D eigenvalue weighted by Crippen LogP contribution is 2.36. The van der Waals surface area contributed by atoms with Gasteiger partial charge in [0.25, 0.3) is 0 Å². The SMILES string of the molecule is O=C1CC(c2cc(F)c(F)c(F)c2)Oc2ccc(Cl)cc21. The van der Waals surface area contributed by atoms with E-state index in [2.05, 4.69) is 0 Å². The van der Waals surface area contributed by atoms with Crippen LogP contribution in [-0.4, -0.2) is 5.78 Å². The summed E-state index contributed by atoms with van der Waals surface area (Å²) in [5.41, 5.74) is 0.391. The molecule has 21 heavy (non-hydrogen) atoms. The second-order valence-corrected chi connectivity index (χ2v) is 5.11. The third-order valence-electron chi connectivity index (χ3n) is 3.26. The number of carbonyl (C=O) groups excluding carboxylic acids is 1. The van der Waals surface area contributed by atoms with E-state index in [4.69, 9.17) is 16.3 Å². The molecule has 3 rings (SSSR count). The highest BCUT2D eigenvalue weighted by Gasteiger charge is 2.29. The Kier molecular flexibility index (Phi) is 3.37. The minimum absolute atomic E-state index is 0.0698. The molecule has 0 amide bonds. The van der Waals surface area contributed by atoms with Gasteiger partial charge in [0, 0.05) is 5.02 Å². The van der Waals surface area contributed by atoms with E-state index >= 15 is 0 Å². The van der Waals surface area contributed by atoms with Gasteiger partial charge in [-0.05, 0) is 35.9 Å². The summed E-state index contributed by atoms with van der Waals surface area (Å²) in [5, 5.41) is 0.392. The fourth-order valence-electron chi connectivity index (χ4n) is 2.24. The molecule has 0 radical (unpaired) electrons. The van der Waals surface area contributed by atoms with Gasteiger partial charge in [-0.15, -0.1) is 0 Å². The van der Waals surface area contributed by atoms with Crippen molar-refractivity contribution < 1.29 is 22.7 Å². The van der Waals surface area contributed by atoms with E-state index in [1.165, 1.54) is 12.1 Å². The summed E-state index contributed by atoms with van der Waals surface area (Å²) in [4.78, 5) is 12.1. The molecular weight excluding hydrogens is 305 g/mol. The molecule has 0 spiro atoms. The summed E-state index contributed by atoms with van der Waals surface area (Å²) in [6.07, 6.45) is -0.964. The fourth-order valence-corrected chi connectivity index (χ4v) is 2.42. The number of carbonyl (C=O) groups is 1. The monoisotopic (exact) mass is 312 g/mol. The molecule has 0 fully saturated rings. The van der Waals surface area contributed by atoms with Gasteiger partial charge in [0.2, 0.25) is 0 Å². The van der Waals surface area contributed by atoms with Crippen LogP contribution in [0.2, 0.25) is 5.02 Å². The first-order valence-electron chi connectivity index (χ1n) is 6.09. The van der Waals surface area contributed by atoms with Crippen LogP contribution < -0.4 is 4.74 Å². The molecule has 2 aromatic carbocycles. The lowest BCUT2D eigenvalue weighted by atomic mass is 9.96. The molecule has 2 aromatic rings. The molecule has 0 aromatic heterocycles. The van der Waals surface area contributed by atoms with Crippen molar-refractivity contribution in [1.29, 1.82) is 0 Å². The van der Waals surface area contributed by atoms with Crippen molar-refractivity contribution >= 4 is 17.4 Å². The van der Waals surface area contributed by atoms with E-state index in [1.807, 2.05) is 0 Å². The van der Waals surface area contributed by atoms with Gasteiger partial charge in [0.15, 0.2) is 23.2 Å². The highest BCUT2D eigenvalue weighted by molar-refractivity contribution is 6.31. The van der Waals surface area contributed by atoms with Crippen molar-refractivity contribution in [3.63, 3.8) is 0 Å². The molecule has 1 aliphatic rings. The molecule has 0 saturated heterocycles. The summed E-state index contributed by atoms with van der Waals surface area (Å²) >= 11 is 5.81. The molecule has 1 heterocycles. The number of rotatable bonds is 1. The number of hydrogen-bond acceptors (Lipinski definition) is 2. The lowest BCUT2D eigenvalue weighted by molar-refractivity contribution is 0.0849. The molecule has 0 saturated carbocycles. The topological polar surface area (TPSA) is 26.3 Å². The largest absolute Gasteiger partial charge is 0.484 e. The second kappa shape index (κ2) is 5.07. The van der Waals surface area contributed by atoms with Crippen LogP contribution >= 0.6 is 11.6 Å². The highest BCUT2D eigenvalue weighted by atomic mass is 35.5. The maximum atomic E-state index is 13.3. The number of fused-ring (bicyclic) bond motifs is 1. The van der Waals surface area contributed by atoms with Crippen molar-refractivity contribution in [3.8, 4) is 5.75 Å². The molecule has 0 aliphatic carbocycles. The van der Waals surface area contributed by atoms with E-state index in [1.54, 1.807) is 6.07 Å². The maximum Gasteiger partial charge on any atom is 0.194 e. The van der Waals surface area contributed by atoms with Crippen molar-refractivity contribution in [2.24, 2.45) is 0 Å². The second-order valence-electron chi connectivity index (χ2n) is 4.67. The third-order valence-corrected chi connectivity index (χ3v) is 3.50. The van der Waals surface area contributed by atoms with E-state index in [0.717, 1.165) is 12.1 Å². The first-order chi connectivity index (χ1) is 9.95. The predicted octanol–water partition coefficient (Wildman–Crippen LogP) is 4.46. The first kappa shape index (κ1) is 13.9. The zero-order chi connectivity index (χ0) is 15.1. The Balaban J connectivity index is 2.00. The molecule has 6 heteroatoms. The van der Waals surface area contributed by atoms with Crippen LogP contribution in [0.25, 0.3) is 0 Å². The Morgan fingerprint density at radius 1 is 1.10 bits per heavy atom. The molecule has 1 aliphatic heterocycles. The lowest BCUT2D eigenvalue weighted by Gasteiger charge is -2.25. The van der Waals surface area contributed by atoms with Crippen LogP contribution in [0.3, 0.4) is 0 Å². The van der Waals surface area contributed by atoms with Crippen LogP contribution in [0.4, 0.5) is 13.2 Å². The van der Waals surface area contributed by atoms with Crippen molar-refractivity contribution in [1.82, 2.24) is 0 Å². The third kappa shape index (κ3) is 2.49. The van der Waals surface area contributed by atoms with Crippen LogP contribution in [-0.2, 0) is 0 Å². The van der Waals surface area contributed by atoms with Gasteiger partial charge >= 0.3 is 0 Å². The number of benzene rings is 2. The number of hydrogen-bond donors (Lipinski definition) is 0. The summed E-state index contributed by atoms with van der Waals surface area (Å²) in [5.74, 6) is -4.15. The minimum atomic E-state index is -1.55. The Hall–Kier alpha value is -2.01. The van der Waals surface area contributed by atoms with Gasteiger partial charge in [0.05, 0.1) is 12.0 Å². The molecule has 108 valence electrons. The van der Waals surface area contributed by atoms with Crippen molar-refractivity contribution in [2.75, 3.05) is 0 Å². The molecule has 2 nitrogen and oxygen atoms in total. The van der Waals surface area contributed by atoms with Crippen LogP contribution in [0.1, 0.15) is 28.4 Å². The molecule has 1 unspecified atom stereocenters. The smallest absolute Gasteiger partial charge is 0.194 e. The zero-order valence-electron chi connectivity index (χ0n) is 10.5. The van der Waals surface area contributed by atoms with Gasteiger partial charge in [-0.3, -0.25) is 4.79 Å². The van der Waals surface area contributed by atoms with Crippen LogP contribution in [0.5, 0.6) is 5.75 Å². The fraction of sp³-hybridized carbons (Fsp3) is 0.133. The minimum Gasteiger partial charge on any atom is -0.484 e. The Bertz CT molecular complexity index is 723. The van der Waals surface area contributed by atoms with Gasteiger partial charge in [0.1, 0.15) is 11.9 Å². The average Bonchev–Trinajstić information content (AvgIpc) is 2.44. The van der Waals surface area contributed by atoms with E-state index in [-0.39, 0.29) is 23.5 Å². The number of Topliss-reactive ketones (excluding diaryl/α,β-unsaturated/α-hetero) is 1. The molecule has 0 N–H and O–H groups in total. The molecule has 1 atom stereocenters. The van der Waals surface area contributed by atoms with Crippen LogP contribution in [0, 0.1) is 17.5 Å². The van der Waals surface area contributed by atoms with Crippen LogP contribution in [0.15, 0.2) is 30.3 Å². The average molecular weight is 313 g/mol. The summed E-state index contributed by atoms with van der Waals surface area (Å²) in [7, 11) is 0. The summed E-state index contributed by atoms with van der Waals surface area (Å²) < 4.78 is 45.1. The van der Waals surface area contributed by atoms with Gasteiger partial charge in [-0.2, -0.15) is 0 Å². The number of halogens is 4. The summed E-state index contributed by atoms with van der Waals surface area (Å²) in [6, 6.07) is 6.19. The standard InChI is InChI=1S/C15H8ClF3O2/c16-8-1-2-13-9(5-8)12(20)6-14(21-13)7-3-10(17)15(19)11(18)4-7/h1-5,14H,6H2. The quantitative estimate of drug-likeness (QED) is 0.727. The number of ether oxygens (including phenoxy) is 1. The van der Waals surface area contributed by atoms with Crippen molar-refractivity contribution in [2.45, 2.75) is 12.5 Å². The molecular formula is C15H8ClF3O2. The Morgan fingerprint density at radius 3 is 2.43 bits per heavy atom. The predicted molar refractivity (Wildman–Crippen MR) is 70.1 cm³/mol. The van der Waals surface area contributed by atoms with E-state index in [0.29, 0.717) is 10.6 Å². The lowest BCUT2D eigenvalue weighted by Crippen LogP contribution is -2.20. The molecule has 0 bridgehead atoms. The Labute approximate surface area is 123 Å². The number of ketones is 1.